The zero-order valence-electron chi connectivity index (χ0n) is 12.1. The second-order valence-electron chi connectivity index (χ2n) is 5.60. The van der Waals surface area contributed by atoms with Gasteiger partial charge in [-0.2, -0.15) is 0 Å². The lowest BCUT2D eigenvalue weighted by molar-refractivity contribution is -0.133. The van der Waals surface area contributed by atoms with Crippen molar-refractivity contribution >= 4 is 17.7 Å². The molecule has 7 heteroatoms. The molecule has 1 aromatic carbocycles. The highest BCUT2D eigenvalue weighted by Crippen LogP contribution is 2.29. The predicted molar refractivity (Wildman–Crippen MR) is 81.2 cm³/mol. The van der Waals surface area contributed by atoms with Gasteiger partial charge >= 0.3 is 11.7 Å². The first-order valence-electron chi connectivity index (χ1n) is 6.42. The Labute approximate surface area is 126 Å². The number of nitrogens with zero attached hydrogens (tertiary/aromatic N) is 2. The van der Waals surface area contributed by atoms with E-state index in [9.17, 15) is 9.59 Å². The lowest BCUT2D eigenvalue weighted by atomic mass is 9.86. The first-order chi connectivity index (χ1) is 9.80. The van der Waals surface area contributed by atoms with Gasteiger partial charge in [0.25, 0.3) is 0 Å². The normalized spacial score (nSPS) is 11.6. The van der Waals surface area contributed by atoms with Crippen molar-refractivity contribution in [2.24, 2.45) is 0 Å². The zero-order chi connectivity index (χ0) is 15.6. The summed E-state index contributed by atoms with van der Waals surface area (Å²) in [5.74, 6) is -1.10. The van der Waals surface area contributed by atoms with Crippen molar-refractivity contribution in [2.45, 2.75) is 31.3 Å². The van der Waals surface area contributed by atoms with E-state index >= 15 is 0 Å². The molecule has 0 aliphatic carbocycles. The maximum atomic E-state index is 12.0. The quantitative estimate of drug-likeness (QED) is 0.844. The van der Waals surface area contributed by atoms with E-state index in [0.29, 0.717) is 5.16 Å². The van der Waals surface area contributed by atoms with Gasteiger partial charge in [0.15, 0.2) is 5.16 Å². The molecule has 0 bridgehead atoms. The third kappa shape index (κ3) is 3.36. The largest absolute Gasteiger partial charge is 0.481 e. The minimum atomic E-state index is -0.953. The van der Waals surface area contributed by atoms with E-state index < -0.39 is 5.97 Å². The minimum Gasteiger partial charge on any atom is -0.481 e. The van der Waals surface area contributed by atoms with Gasteiger partial charge in [-0.1, -0.05) is 50.7 Å². The van der Waals surface area contributed by atoms with Gasteiger partial charge in [-0.05, 0) is 17.0 Å². The summed E-state index contributed by atoms with van der Waals surface area (Å²) in [5.41, 5.74) is 1.18. The molecule has 0 aliphatic heterocycles. The van der Waals surface area contributed by atoms with Gasteiger partial charge in [-0.15, -0.1) is 5.10 Å². The number of nitrogens with one attached hydrogen (secondary N) is 1. The van der Waals surface area contributed by atoms with E-state index in [2.05, 4.69) is 31.0 Å². The lowest BCUT2D eigenvalue weighted by Crippen LogP contribution is -2.21. The van der Waals surface area contributed by atoms with E-state index in [4.69, 9.17) is 5.11 Å². The molecule has 2 N–H and O–H groups in total. The van der Waals surface area contributed by atoms with Crippen LogP contribution >= 0.6 is 11.8 Å². The highest BCUT2D eigenvalue weighted by atomic mass is 32.2. The topological polar surface area (TPSA) is 88.0 Å². The van der Waals surface area contributed by atoms with Crippen molar-refractivity contribution in [3.8, 4) is 5.69 Å². The van der Waals surface area contributed by atoms with E-state index in [1.54, 1.807) is 0 Å². The number of hydrogen-bond acceptors (Lipinski definition) is 4. The molecule has 0 radical (unpaired) electrons. The van der Waals surface area contributed by atoms with Crippen molar-refractivity contribution < 1.29 is 9.90 Å². The number of para-hydroxylation sites is 1. The molecular weight excluding hydrogens is 290 g/mol. The maximum Gasteiger partial charge on any atom is 0.348 e. The van der Waals surface area contributed by atoms with Crippen LogP contribution in [0.25, 0.3) is 5.69 Å². The molecule has 2 aromatic rings. The van der Waals surface area contributed by atoms with Gasteiger partial charge < -0.3 is 5.11 Å². The number of thioether (sulfide) groups is 1. The van der Waals surface area contributed by atoms with E-state index in [1.807, 2.05) is 24.3 Å². The van der Waals surface area contributed by atoms with Gasteiger partial charge in [-0.25, -0.2) is 14.5 Å². The number of hydrogen-bond donors (Lipinski definition) is 2. The number of carboxylic acids is 1. The van der Waals surface area contributed by atoms with Crippen LogP contribution in [0.2, 0.25) is 0 Å². The Hall–Kier alpha value is -2.02. The van der Waals surface area contributed by atoms with Crippen molar-refractivity contribution in [1.82, 2.24) is 14.8 Å². The van der Waals surface area contributed by atoms with Crippen LogP contribution in [-0.2, 0) is 10.2 Å². The summed E-state index contributed by atoms with van der Waals surface area (Å²) in [5, 5.41) is 15.4. The van der Waals surface area contributed by atoms with Crippen LogP contribution in [0, 0.1) is 0 Å². The Balaban J connectivity index is 2.55. The molecule has 1 aromatic heterocycles. The predicted octanol–water partition coefficient (Wildman–Crippen LogP) is 2.03. The van der Waals surface area contributed by atoms with Crippen LogP contribution in [0.1, 0.15) is 26.3 Å². The highest BCUT2D eigenvalue weighted by molar-refractivity contribution is 7.99. The van der Waals surface area contributed by atoms with Gasteiger partial charge in [0.05, 0.1) is 11.4 Å². The molecule has 1 heterocycles. The molecule has 6 nitrogen and oxygen atoms in total. The number of aromatic nitrogens is 3. The highest BCUT2D eigenvalue weighted by Gasteiger charge is 2.21. The van der Waals surface area contributed by atoms with E-state index in [-0.39, 0.29) is 16.9 Å². The maximum absolute atomic E-state index is 12.0. The summed E-state index contributed by atoms with van der Waals surface area (Å²) in [6, 6.07) is 7.55. The van der Waals surface area contributed by atoms with Gasteiger partial charge in [-0.3, -0.25) is 4.79 Å². The second kappa shape index (κ2) is 5.77. The first kappa shape index (κ1) is 15.4. The number of rotatable bonds is 4. The van der Waals surface area contributed by atoms with Crippen LogP contribution in [0.5, 0.6) is 0 Å². The molecule has 0 atom stereocenters. The molecule has 2 rings (SSSR count). The van der Waals surface area contributed by atoms with Gasteiger partial charge in [0.2, 0.25) is 0 Å². The fraction of sp³-hybridized carbons (Fsp3) is 0.357. The van der Waals surface area contributed by atoms with Crippen LogP contribution < -0.4 is 5.69 Å². The Morgan fingerprint density at radius 2 is 2.05 bits per heavy atom. The fourth-order valence-corrected chi connectivity index (χ4v) is 2.69. The minimum absolute atomic E-state index is 0.151. The number of aromatic amines is 1. The van der Waals surface area contributed by atoms with Gasteiger partial charge in [0, 0.05) is 0 Å². The Morgan fingerprint density at radius 3 is 2.67 bits per heavy atom. The third-order valence-corrected chi connectivity index (χ3v) is 3.84. The molecule has 21 heavy (non-hydrogen) atoms. The lowest BCUT2D eigenvalue weighted by Gasteiger charge is -2.23. The monoisotopic (exact) mass is 307 g/mol. The average Bonchev–Trinajstić information content (AvgIpc) is 2.76. The summed E-state index contributed by atoms with van der Waals surface area (Å²) < 4.78 is 1.42. The second-order valence-corrected chi connectivity index (χ2v) is 6.54. The molecular formula is C14H17N3O3S. The Morgan fingerprint density at radius 1 is 1.38 bits per heavy atom. The molecule has 0 unspecified atom stereocenters. The summed E-state index contributed by atoms with van der Waals surface area (Å²) in [6.07, 6.45) is 0. The standard InChI is InChI=1S/C14H17N3O3S/c1-14(2,3)9-6-4-5-7-10(9)17-12(20)15-16-13(17)21-8-11(18)19/h4-7H,8H2,1-3H3,(H,15,20)(H,18,19). The first-order valence-corrected chi connectivity index (χ1v) is 7.41. The molecule has 0 amide bonds. The van der Waals surface area contributed by atoms with E-state index in [0.717, 1.165) is 23.0 Å². The molecule has 112 valence electrons. The summed E-state index contributed by atoms with van der Waals surface area (Å²) in [7, 11) is 0. The van der Waals surface area contributed by atoms with Crippen LogP contribution in [-0.4, -0.2) is 31.6 Å². The molecule has 0 saturated heterocycles. The summed E-state index contributed by atoms with van der Waals surface area (Å²) >= 11 is 1.01. The third-order valence-electron chi connectivity index (χ3n) is 2.92. The molecule has 0 aliphatic rings. The van der Waals surface area contributed by atoms with Gasteiger partial charge in [0.1, 0.15) is 0 Å². The number of carboxylic acid groups (broad SMARTS) is 1. The number of carbonyl (C=O) groups is 1. The van der Waals surface area contributed by atoms with E-state index in [1.165, 1.54) is 4.57 Å². The Bertz CT molecular complexity index is 713. The fourth-order valence-electron chi connectivity index (χ4n) is 2.02. The molecule has 0 spiro atoms. The average molecular weight is 307 g/mol. The molecule has 0 saturated carbocycles. The zero-order valence-corrected chi connectivity index (χ0v) is 12.9. The smallest absolute Gasteiger partial charge is 0.348 e. The Kier molecular flexibility index (Phi) is 4.22. The van der Waals surface area contributed by atoms with Crippen LogP contribution in [0.4, 0.5) is 0 Å². The van der Waals surface area contributed by atoms with Crippen LogP contribution in [0.3, 0.4) is 0 Å². The van der Waals surface area contributed by atoms with Crippen molar-refractivity contribution in [3.05, 3.63) is 40.3 Å². The van der Waals surface area contributed by atoms with Crippen molar-refractivity contribution in [1.29, 1.82) is 0 Å². The van der Waals surface area contributed by atoms with Crippen molar-refractivity contribution in [2.75, 3.05) is 5.75 Å². The van der Waals surface area contributed by atoms with Crippen molar-refractivity contribution in [3.63, 3.8) is 0 Å². The SMILES string of the molecule is CC(C)(C)c1ccccc1-n1c(SCC(=O)O)n[nH]c1=O. The number of aliphatic carboxylic acids is 1. The summed E-state index contributed by atoms with van der Waals surface area (Å²) in [4.78, 5) is 22.8. The number of benzene rings is 1. The number of H-pyrrole nitrogens is 1. The summed E-state index contributed by atoms with van der Waals surface area (Å²) in [6.45, 7) is 6.17. The molecule has 0 fully saturated rings. The van der Waals surface area contributed by atoms with Crippen LogP contribution in [0.15, 0.2) is 34.2 Å².